The van der Waals surface area contributed by atoms with Crippen LogP contribution in [0.2, 0.25) is 5.02 Å². The highest BCUT2D eigenvalue weighted by molar-refractivity contribution is 7.98. The van der Waals surface area contributed by atoms with Crippen LogP contribution in [0.1, 0.15) is 17.0 Å². The van der Waals surface area contributed by atoms with E-state index >= 15 is 0 Å². The highest BCUT2D eigenvalue weighted by Gasteiger charge is 2.04. The molecule has 0 spiro atoms. The molecule has 0 amide bonds. The molecule has 118 valence electrons. The normalized spacial score (nSPS) is 10.5. The molecule has 0 unspecified atom stereocenters. The Kier molecular flexibility index (Phi) is 6.54. The molecule has 0 atom stereocenters. The SMILES string of the molecule is Cc1cccc(NC(=S)NCCSCc2nc[nH]c2C)c1Cl. The summed E-state index contributed by atoms with van der Waals surface area (Å²) in [6, 6.07) is 5.84. The van der Waals surface area contributed by atoms with E-state index in [9.17, 15) is 0 Å². The number of anilines is 1. The van der Waals surface area contributed by atoms with Crippen molar-refractivity contribution in [2.24, 2.45) is 0 Å². The van der Waals surface area contributed by atoms with Gasteiger partial charge in [0.15, 0.2) is 5.11 Å². The van der Waals surface area contributed by atoms with Gasteiger partial charge in [-0.05, 0) is 37.7 Å². The summed E-state index contributed by atoms with van der Waals surface area (Å²) in [7, 11) is 0. The highest BCUT2D eigenvalue weighted by atomic mass is 35.5. The number of hydrogen-bond acceptors (Lipinski definition) is 3. The maximum atomic E-state index is 6.23. The van der Waals surface area contributed by atoms with Crippen LogP contribution in [0.5, 0.6) is 0 Å². The zero-order chi connectivity index (χ0) is 15.9. The predicted molar refractivity (Wildman–Crippen MR) is 99.9 cm³/mol. The molecule has 0 aliphatic heterocycles. The summed E-state index contributed by atoms with van der Waals surface area (Å²) in [5.41, 5.74) is 4.10. The first-order valence-electron chi connectivity index (χ1n) is 6.94. The summed E-state index contributed by atoms with van der Waals surface area (Å²) in [5, 5.41) is 7.60. The average Bonchev–Trinajstić information content (AvgIpc) is 2.89. The van der Waals surface area contributed by atoms with Crippen LogP contribution in [0.4, 0.5) is 5.69 Å². The Hall–Kier alpha value is -1.24. The smallest absolute Gasteiger partial charge is 0.170 e. The van der Waals surface area contributed by atoms with Gasteiger partial charge in [-0.2, -0.15) is 11.8 Å². The first-order chi connectivity index (χ1) is 10.6. The van der Waals surface area contributed by atoms with Crippen molar-refractivity contribution in [3.63, 3.8) is 0 Å². The largest absolute Gasteiger partial charge is 0.362 e. The van der Waals surface area contributed by atoms with Gasteiger partial charge in [0.25, 0.3) is 0 Å². The fourth-order valence-corrected chi connectivity index (χ4v) is 3.11. The number of halogens is 1. The number of aromatic amines is 1. The van der Waals surface area contributed by atoms with Crippen LogP contribution < -0.4 is 10.6 Å². The van der Waals surface area contributed by atoms with Crippen molar-refractivity contribution < 1.29 is 0 Å². The third-order valence-corrected chi connectivity index (χ3v) is 4.86. The molecule has 22 heavy (non-hydrogen) atoms. The van der Waals surface area contributed by atoms with Crippen LogP contribution in [-0.2, 0) is 5.75 Å². The number of aromatic nitrogens is 2. The van der Waals surface area contributed by atoms with Gasteiger partial charge in [0.2, 0.25) is 0 Å². The van der Waals surface area contributed by atoms with Crippen molar-refractivity contribution in [1.82, 2.24) is 15.3 Å². The molecule has 0 bridgehead atoms. The summed E-state index contributed by atoms with van der Waals surface area (Å²) < 4.78 is 0. The number of aryl methyl sites for hydroxylation is 2. The molecule has 1 aromatic heterocycles. The first-order valence-corrected chi connectivity index (χ1v) is 8.88. The van der Waals surface area contributed by atoms with Crippen molar-refractivity contribution in [3.8, 4) is 0 Å². The van der Waals surface area contributed by atoms with E-state index in [1.54, 1.807) is 6.33 Å². The molecule has 0 aliphatic rings. The average molecular weight is 355 g/mol. The van der Waals surface area contributed by atoms with Crippen LogP contribution in [0.15, 0.2) is 24.5 Å². The number of rotatable bonds is 6. The lowest BCUT2D eigenvalue weighted by Gasteiger charge is -2.12. The van der Waals surface area contributed by atoms with E-state index in [0.717, 1.165) is 40.7 Å². The molecule has 3 N–H and O–H groups in total. The topological polar surface area (TPSA) is 52.7 Å². The minimum Gasteiger partial charge on any atom is -0.362 e. The summed E-state index contributed by atoms with van der Waals surface area (Å²) >= 11 is 13.3. The molecule has 2 aromatic rings. The molecule has 0 radical (unpaired) electrons. The number of benzene rings is 1. The predicted octanol–water partition coefficient (Wildman–Crippen LogP) is 3.90. The van der Waals surface area contributed by atoms with Gasteiger partial charge in [-0.3, -0.25) is 0 Å². The Morgan fingerprint density at radius 1 is 1.41 bits per heavy atom. The van der Waals surface area contributed by atoms with Crippen molar-refractivity contribution in [1.29, 1.82) is 0 Å². The highest BCUT2D eigenvalue weighted by Crippen LogP contribution is 2.24. The van der Waals surface area contributed by atoms with Crippen LogP contribution in [0.25, 0.3) is 0 Å². The minimum atomic E-state index is 0.587. The van der Waals surface area contributed by atoms with E-state index in [1.165, 1.54) is 0 Å². The van der Waals surface area contributed by atoms with Crippen molar-refractivity contribution in [2.75, 3.05) is 17.6 Å². The minimum absolute atomic E-state index is 0.587. The molecule has 1 aromatic carbocycles. The maximum absolute atomic E-state index is 6.23. The molecule has 1 heterocycles. The third kappa shape index (κ3) is 4.90. The van der Waals surface area contributed by atoms with E-state index in [0.29, 0.717) is 10.1 Å². The van der Waals surface area contributed by atoms with E-state index in [4.69, 9.17) is 23.8 Å². The lowest BCUT2D eigenvalue weighted by Crippen LogP contribution is -2.30. The monoisotopic (exact) mass is 354 g/mol. The standard InChI is InChI=1S/C15H19ClN4S2/c1-10-4-3-5-12(14(10)16)20-15(21)17-6-7-22-8-13-11(2)18-9-19-13/h3-5,9H,6-8H2,1-2H3,(H,18,19)(H2,17,20,21). The molecule has 0 saturated heterocycles. The van der Waals surface area contributed by atoms with Gasteiger partial charge in [0, 0.05) is 23.7 Å². The van der Waals surface area contributed by atoms with E-state index in [-0.39, 0.29) is 0 Å². The summed E-state index contributed by atoms with van der Waals surface area (Å²) in [4.78, 5) is 7.35. The molecule has 0 aliphatic carbocycles. The summed E-state index contributed by atoms with van der Waals surface area (Å²) in [5.74, 6) is 1.86. The number of imidazole rings is 1. The maximum Gasteiger partial charge on any atom is 0.170 e. The lowest BCUT2D eigenvalue weighted by atomic mass is 10.2. The van der Waals surface area contributed by atoms with Crippen LogP contribution in [-0.4, -0.2) is 27.4 Å². The Morgan fingerprint density at radius 2 is 2.23 bits per heavy atom. The molecular weight excluding hydrogens is 336 g/mol. The number of thiocarbonyl (C=S) groups is 1. The van der Waals surface area contributed by atoms with Crippen molar-refractivity contribution >= 4 is 46.4 Å². The number of hydrogen-bond donors (Lipinski definition) is 3. The zero-order valence-corrected chi connectivity index (χ0v) is 15.0. The third-order valence-electron chi connectivity index (χ3n) is 3.15. The van der Waals surface area contributed by atoms with Gasteiger partial charge >= 0.3 is 0 Å². The molecule has 7 heteroatoms. The molecule has 0 saturated carbocycles. The van der Waals surface area contributed by atoms with Gasteiger partial charge in [-0.25, -0.2) is 4.98 Å². The molecule has 0 fully saturated rings. The first kappa shape index (κ1) is 17.1. The van der Waals surface area contributed by atoms with E-state index in [2.05, 4.69) is 20.6 Å². The quantitative estimate of drug-likeness (QED) is 0.542. The summed E-state index contributed by atoms with van der Waals surface area (Å²) in [6.07, 6.45) is 1.73. The Labute approximate surface area is 145 Å². The van der Waals surface area contributed by atoms with E-state index in [1.807, 2.05) is 43.8 Å². The number of nitrogens with zero attached hydrogens (tertiary/aromatic N) is 1. The summed E-state index contributed by atoms with van der Waals surface area (Å²) in [6.45, 7) is 4.80. The number of thioether (sulfide) groups is 1. The molecule has 2 rings (SSSR count). The van der Waals surface area contributed by atoms with Crippen LogP contribution in [0.3, 0.4) is 0 Å². The van der Waals surface area contributed by atoms with Gasteiger partial charge in [0.05, 0.1) is 22.7 Å². The fourth-order valence-electron chi connectivity index (χ4n) is 1.85. The van der Waals surface area contributed by atoms with Gasteiger partial charge in [0.1, 0.15) is 0 Å². The zero-order valence-electron chi connectivity index (χ0n) is 12.6. The van der Waals surface area contributed by atoms with Gasteiger partial charge in [-0.1, -0.05) is 23.7 Å². The lowest BCUT2D eigenvalue weighted by molar-refractivity contribution is 0.989. The van der Waals surface area contributed by atoms with Gasteiger partial charge in [-0.15, -0.1) is 0 Å². The van der Waals surface area contributed by atoms with Crippen LogP contribution in [0, 0.1) is 13.8 Å². The van der Waals surface area contributed by atoms with Crippen molar-refractivity contribution in [3.05, 3.63) is 46.5 Å². The fraction of sp³-hybridized carbons (Fsp3) is 0.333. The second-order valence-electron chi connectivity index (χ2n) is 4.84. The van der Waals surface area contributed by atoms with E-state index < -0.39 is 0 Å². The molecular formula is C15H19ClN4S2. The van der Waals surface area contributed by atoms with Gasteiger partial charge < -0.3 is 15.6 Å². The number of nitrogens with one attached hydrogen (secondary N) is 3. The van der Waals surface area contributed by atoms with Crippen molar-refractivity contribution in [2.45, 2.75) is 19.6 Å². The Bertz CT molecular complexity index is 642. The molecule has 4 nitrogen and oxygen atoms in total. The second kappa shape index (κ2) is 8.41. The second-order valence-corrected chi connectivity index (χ2v) is 6.74. The van der Waals surface area contributed by atoms with Crippen LogP contribution >= 0.6 is 35.6 Å². The Morgan fingerprint density at radius 3 is 2.95 bits per heavy atom. The number of H-pyrrole nitrogens is 1. The Balaban J connectivity index is 1.68.